The number of sulfonamides is 1. The molecule has 0 aliphatic heterocycles. The third kappa shape index (κ3) is 4.81. The summed E-state index contributed by atoms with van der Waals surface area (Å²) in [5.41, 5.74) is 1.64. The molecule has 1 amide bonds. The van der Waals surface area contributed by atoms with Crippen LogP contribution in [0.4, 0.5) is 0 Å². The average Bonchev–Trinajstić information content (AvgIpc) is 2.54. The van der Waals surface area contributed by atoms with Gasteiger partial charge in [-0.15, -0.1) is 0 Å². The molecule has 7 heteroatoms. The lowest BCUT2D eigenvalue weighted by atomic mass is 10.1. The van der Waals surface area contributed by atoms with Crippen molar-refractivity contribution in [2.75, 3.05) is 7.11 Å². The van der Waals surface area contributed by atoms with Gasteiger partial charge in [0.25, 0.3) is 0 Å². The van der Waals surface area contributed by atoms with Gasteiger partial charge in [0.05, 0.1) is 24.5 Å². The molecular weight excluding hydrogens is 328 g/mol. The number of primary sulfonamides is 1. The molecule has 0 radical (unpaired) electrons. The summed E-state index contributed by atoms with van der Waals surface area (Å²) in [6.07, 6.45) is 0.233. The number of nitrogens with two attached hydrogens (primary N) is 1. The zero-order valence-electron chi connectivity index (χ0n) is 13.5. The lowest BCUT2D eigenvalue weighted by Crippen LogP contribution is -2.28. The van der Waals surface area contributed by atoms with Crippen LogP contribution in [0.3, 0.4) is 0 Å². The fourth-order valence-electron chi connectivity index (χ4n) is 2.29. The van der Waals surface area contributed by atoms with Crippen molar-refractivity contribution in [1.82, 2.24) is 5.32 Å². The van der Waals surface area contributed by atoms with E-state index in [1.807, 2.05) is 31.2 Å². The highest BCUT2D eigenvalue weighted by Gasteiger charge is 2.12. The fraction of sp³-hybridized carbons (Fsp3) is 0.235. The summed E-state index contributed by atoms with van der Waals surface area (Å²) in [4.78, 5) is 12.2. The molecule has 0 unspecified atom stereocenters. The molecule has 0 bridgehead atoms. The lowest BCUT2D eigenvalue weighted by molar-refractivity contribution is -0.121. The fourth-order valence-corrected chi connectivity index (χ4v) is 2.81. The summed E-state index contributed by atoms with van der Waals surface area (Å²) in [6.45, 7) is 1.83. The van der Waals surface area contributed by atoms with Crippen molar-refractivity contribution in [1.29, 1.82) is 0 Å². The first-order chi connectivity index (χ1) is 11.3. The summed E-state index contributed by atoms with van der Waals surface area (Å²) in [6, 6.07) is 13.2. The minimum absolute atomic E-state index is 0.0427. The molecule has 24 heavy (non-hydrogen) atoms. The number of ether oxygens (including phenoxy) is 1. The number of nitrogens with one attached hydrogen (secondary N) is 1. The second-order valence-corrected chi connectivity index (χ2v) is 6.99. The minimum atomic E-state index is -3.71. The summed E-state index contributed by atoms with van der Waals surface area (Å²) in [7, 11) is -2.14. The molecule has 2 aromatic rings. The molecule has 0 fully saturated rings. The van der Waals surface area contributed by atoms with Gasteiger partial charge in [0.1, 0.15) is 5.75 Å². The van der Waals surface area contributed by atoms with Crippen LogP contribution in [-0.4, -0.2) is 21.4 Å². The number of hydrogen-bond donors (Lipinski definition) is 2. The number of benzene rings is 2. The molecule has 2 aromatic carbocycles. The Morgan fingerprint density at radius 1 is 1.21 bits per heavy atom. The third-order valence-electron chi connectivity index (χ3n) is 3.58. The van der Waals surface area contributed by atoms with E-state index < -0.39 is 10.0 Å². The van der Waals surface area contributed by atoms with Gasteiger partial charge in [-0.3, -0.25) is 4.79 Å². The predicted molar refractivity (Wildman–Crippen MR) is 91.1 cm³/mol. The highest BCUT2D eigenvalue weighted by atomic mass is 32.2. The van der Waals surface area contributed by atoms with E-state index in [9.17, 15) is 13.2 Å². The van der Waals surface area contributed by atoms with Gasteiger partial charge in [-0.25, -0.2) is 13.6 Å². The van der Waals surface area contributed by atoms with E-state index in [4.69, 9.17) is 9.88 Å². The van der Waals surface area contributed by atoms with Crippen LogP contribution < -0.4 is 15.2 Å². The largest absolute Gasteiger partial charge is 0.497 e. The molecule has 0 heterocycles. The van der Waals surface area contributed by atoms with Gasteiger partial charge < -0.3 is 10.1 Å². The van der Waals surface area contributed by atoms with E-state index in [0.29, 0.717) is 5.75 Å². The maximum absolute atomic E-state index is 12.2. The van der Waals surface area contributed by atoms with Crippen molar-refractivity contribution in [2.45, 2.75) is 24.3 Å². The van der Waals surface area contributed by atoms with Crippen LogP contribution in [0.25, 0.3) is 0 Å². The minimum Gasteiger partial charge on any atom is -0.497 e. The molecular formula is C17H20N2O4S. The van der Waals surface area contributed by atoms with Crippen LogP contribution in [0.1, 0.15) is 24.1 Å². The normalized spacial score (nSPS) is 12.5. The topological polar surface area (TPSA) is 98.5 Å². The Morgan fingerprint density at radius 2 is 1.88 bits per heavy atom. The summed E-state index contributed by atoms with van der Waals surface area (Å²) in [5.74, 6) is 0.568. The van der Waals surface area contributed by atoms with Gasteiger partial charge in [0.15, 0.2) is 0 Å². The molecule has 0 saturated heterocycles. The van der Waals surface area contributed by atoms with E-state index >= 15 is 0 Å². The number of rotatable bonds is 6. The quantitative estimate of drug-likeness (QED) is 0.831. The molecule has 2 rings (SSSR count). The molecule has 1 atom stereocenters. The molecule has 6 nitrogen and oxygen atoms in total. The molecule has 0 aliphatic carbocycles. The molecule has 128 valence electrons. The first-order valence-electron chi connectivity index (χ1n) is 7.34. The summed E-state index contributed by atoms with van der Waals surface area (Å²) in [5, 5.41) is 7.95. The van der Waals surface area contributed by atoms with Gasteiger partial charge in [0.2, 0.25) is 15.9 Å². The van der Waals surface area contributed by atoms with Gasteiger partial charge in [-0.2, -0.15) is 0 Å². The molecule has 0 spiro atoms. The van der Waals surface area contributed by atoms with E-state index in [0.717, 1.165) is 11.1 Å². The van der Waals surface area contributed by atoms with Crippen LogP contribution in [0.15, 0.2) is 53.4 Å². The van der Waals surface area contributed by atoms with Crippen molar-refractivity contribution in [3.63, 3.8) is 0 Å². The summed E-state index contributed by atoms with van der Waals surface area (Å²) < 4.78 is 27.6. The average molecular weight is 348 g/mol. The Kier molecular flexibility index (Phi) is 5.58. The second kappa shape index (κ2) is 7.46. The van der Waals surface area contributed by atoms with Gasteiger partial charge in [-0.1, -0.05) is 24.3 Å². The van der Waals surface area contributed by atoms with E-state index in [2.05, 4.69) is 5.32 Å². The monoisotopic (exact) mass is 348 g/mol. The van der Waals surface area contributed by atoms with Crippen LogP contribution in [0.5, 0.6) is 5.75 Å². The standard InChI is InChI=1S/C17H20N2O4S/c1-12(14-6-8-16(9-7-14)24(18,21)22)19-17(20)11-13-4-3-5-15(10-13)23-2/h3-10,12H,11H2,1-2H3,(H,19,20)(H2,18,21,22)/t12-/m1/s1. The zero-order chi connectivity index (χ0) is 17.7. The Labute approximate surface area is 141 Å². The number of carbonyl (C=O) groups is 1. The molecule has 0 saturated carbocycles. The molecule has 0 aromatic heterocycles. The first-order valence-corrected chi connectivity index (χ1v) is 8.89. The molecule has 0 aliphatic rings. The molecule has 3 N–H and O–H groups in total. The maximum Gasteiger partial charge on any atom is 0.238 e. The van der Waals surface area contributed by atoms with Crippen molar-refractivity contribution >= 4 is 15.9 Å². The van der Waals surface area contributed by atoms with Crippen molar-refractivity contribution < 1.29 is 17.9 Å². The first kappa shape index (κ1) is 18.0. The van der Waals surface area contributed by atoms with Crippen molar-refractivity contribution in [3.05, 3.63) is 59.7 Å². The van der Waals surface area contributed by atoms with Gasteiger partial charge >= 0.3 is 0 Å². The second-order valence-electron chi connectivity index (χ2n) is 5.43. The summed E-state index contributed by atoms with van der Waals surface area (Å²) >= 11 is 0. The number of methoxy groups -OCH3 is 1. The Balaban J connectivity index is 2.00. The number of carbonyl (C=O) groups excluding carboxylic acids is 1. The van der Waals surface area contributed by atoms with Crippen LogP contribution in [0, 0.1) is 0 Å². The Hall–Kier alpha value is -2.38. The predicted octanol–water partition coefficient (Wildman–Crippen LogP) is 1.76. The lowest BCUT2D eigenvalue weighted by Gasteiger charge is -2.15. The highest BCUT2D eigenvalue weighted by Crippen LogP contribution is 2.17. The zero-order valence-corrected chi connectivity index (χ0v) is 14.3. The van der Waals surface area contributed by atoms with Crippen LogP contribution >= 0.6 is 0 Å². The maximum atomic E-state index is 12.2. The van der Waals surface area contributed by atoms with Crippen LogP contribution in [-0.2, 0) is 21.2 Å². The van der Waals surface area contributed by atoms with E-state index in [-0.39, 0.29) is 23.3 Å². The third-order valence-corrected chi connectivity index (χ3v) is 4.51. The van der Waals surface area contributed by atoms with Crippen molar-refractivity contribution in [3.8, 4) is 5.75 Å². The van der Waals surface area contributed by atoms with Crippen molar-refractivity contribution in [2.24, 2.45) is 5.14 Å². The Morgan fingerprint density at radius 3 is 2.46 bits per heavy atom. The van der Waals surface area contributed by atoms with E-state index in [1.165, 1.54) is 12.1 Å². The van der Waals surface area contributed by atoms with E-state index in [1.54, 1.807) is 19.2 Å². The highest BCUT2D eigenvalue weighted by molar-refractivity contribution is 7.89. The van der Waals surface area contributed by atoms with Gasteiger partial charge in [-0.05, 0) is 42.3 Å². The SMILES string of the molecule is COc1cccc(CC(=O)N[C@H](C)c2ccc(S(N)(=O)=O)cc2)c1. The smallest absolute Gasteiger partial charge is 0.238 e. The Bertz CT molecular complexity index is 817. The van der Waals surface area contributed by atoms with Crippen LogP contribution in [0.2, 0.25) is 0 Å². The number of hydrogen-bond acceptors (Lipinski definition) is 4. The van der Waals surface area contributed by atoms with Gasteiger partial charge in [0, 0.05) is 0 Å². The number of amides is 1.